The van der Waals surface area contributed by atoms with Crippen molar-refractivity contribution in [3.05, 3.63) is 42.2 Å². The average molecular weight is 270 g/mol. The molecule has 1 aromatic carbocycles. The highest BCUT2D eigenvalue weighted by Crippen LogP contribution is 2.21. The zero-order chi connectivity index (χ0) is 13.8. The van der Waals surface area contributed by atoms with E-state index in [2.05, 4.69) is 33.2 Å². The minimum absolute atomic E-state index is 0.200. The van der Waals surface area contributed by atoms with E-state index in [1.54, 1.807) is 0 Å². The van der Waals surface area contributed by atoms with Crippen LogP contribution in [0.4, 0.5) is 0 Å². The van der Waals surface area contributed by atoms with Gasteiger partial charge in [0.05, 0.1) is 23.4 Å². The van der Waals surface area contributed by atoms with E-state index in [1.807, 2.05) is 18.5 Å². The fourth-order valence-electron chi connectivity index (χ4n) is 2.99. The first kappa shape index (κ1) is 13.3. The molecule has 3 rings (SSSR count). The number of allylic oxidation sites excluding steroid dienone is 1. The summed E-state index contributed by atoms with van der Waals surface area (Å²) in [5, 5.41) is 0. The van der Waals surface area contributed by atoms with E-state index in [1.165, 1.54) is 36.8 Å². The summed E-state index contributed by atoms with van der Waals surface area (Å²) in [4.78, 5) is 4.44. The van der Waals surface area contributed by atoms with Crippen molar-refractivity contribution in [2.45, 2.75) is 44.7 Å². The Morgan fingerprint density at radius 3 is 3.05 bits per heavy atom. The van der Waals surface area contributed by atoms with Crippen molar-refractivity contribution >= 4 is 11.0 Å². The van der Waals surface area contributed by atoms with Crippen LogP contribution in [0.1, 0.15) is 32.1 Å². The van der Waals surface area contributed by atoms with Gasteiger partial charge in [0, 0.05) is 6.54 Å². The van der Waals surface area contributed by atoms with Crippen LogP contribution < -0.4 is 11.3 Å². The summed E-state index contributed by atoms with van der Waals surface area (Å²) in [6.07, 6.45) is 10.5. The third kappa shape index (κ3) is 2.76. The molecule has 1 aromatic heterocycles. The monoisotopic (exact) mass is 270 g/mol. The van der Waals surface area contributed by atoms with Crippen molar-refractivity contribution in [3.8, 4) is 0 Å². The van der Waals surface area contributed by atoms with E-state index in [0.29, 0.717) is 0 Å². The number of aromatic nitrogens is 2. The smallest absolute Gasteiger partial charge is 0.0958 e. The number of hydrogen-bond acceptors (Lipinski definition) is 3. The second kappa shape index (κ2) is 6.20. The van der Waals surface area contributed by atoms with Gasteiger partial charge in [-0.2, -0.15) is 0 Å². The predicted molar refractivity (Wildman–Crippen MR) is 82.0 cm³/mol. The number of nitrogens with one attached hydrogen (secondary N) is 1. The molecular weight excluding hydrogens is 248 g/mol. The van der Waals surface area contributed by atoms with Crippen LogP contribution >= 0.6 is 0 Å². The Kier molecular flexibility index (Phi) is 4.14. The molecule has 0 saturated carbocycles. The lowest BCUT2D eigenvalue weighted by Crippen LogP contribution is -2.39. The molecule has 1 aliphatic carbocycles. The summed E-state index contributed by atoms with van der Waals surface area (Å²) in [6.45, 7) is 0.836. The number of para-hydroxylation sites is 2. The zero-order valence-corrected chi connectivity index (χ0v) is 11.8. The Labute approximate surface area is 119 Å². The van der Waals surface area contributed by atoms with E-state index < -0.39 is 0 Å². The number of imidazole rings is 1. The highest BCUT2D eigenvalue weighted by atomic mass is 15.2. The quantitative estimate of drug-likeness (QED) is 0.510. The first-order valence-corrected chi connectivity index (χ1v) is 7.43. The van der Waals surface area contributed by atoms with E-state index in [0.717, 1.165) is 18.5 Å². The van der Waals surface area contributed by atoms with Gasteiger partial charge in [-0.05, 0) is 37.8 Å². The molecule has 3 N–H and O–H groups in total. The topological polar surface area (TPSA) is 55.9 Å². The number of hydrazine groups is 1. The van der Waals surface area contributed by atoms with Gasteiger partial charge in [0.2, 0.25) is 0 Å². The van der Waals surface area contributed by atoms with Crippen molar-refractivity contribution in [2.75, 3.05) is 0 Å². The van der Waals surface area contributed by atoms with Gasteiger partial charge in [0.1, 0.15) is 0 Å². The van der Waals surface area contributed by atoms with Gasteiger partial charge in [-0.15, -0.1) is 0 Å². The van der Waals surface area contributed by atoms with Crippen LogP contribution in [0, 0.1) is 0 Å². The number of benzene rings is 1. The maximum Gasteiger partial charge on any atom is 0.0958 e. The summed E-state index contributed by atoms with van der Waals surface area (Å²) >= 11 is 0. The molecule has 0 aliphatic heterocycles. The average Bonchev–Trinajstić information content (AvgIpc) is 2.71. The summed E-state index contributed by atoms with van der Waals surface area (Å²) < 4.78 is 2.19. The van der Waals surface area contributed by atoms with E-state index >= 15 is 0 Å². The molecule has 1 aliphatic rings. The highest BCUT2D eigenvalue weighted by molar-refractivity contribution is 5.74. The largest absolute Gasteiger partial charge is 0.329 e. The molecule has 20 heavy (non-hydrogen) atoms. The number of nitrogens with zero attached hydrogens (tertiary/aromatic N) is 2. The minimum atomic E-state index is 0.200. The second-order valence-electron chi connectivity index (χ2n) is 5.48. The molecule has 1 atom stereocenters. The summed E-state index contributed by atoms with van der Waals surface area (Å²) in [7, 11) is 0. The van der Waals surface area contributed by atoms with Gasteiger partial charge in [-0.1, -0.05) is 30.2 Å². The second-order valence-corrected chi connectivity index (χ2v) is 5.48. The normalized spacial score (nSPS) is 17.8. The van der Waals surface area contributed by atoms with Crippen molar-refractivity contribution in [1.29, 1.82) is 0 Å². The molecule has 2 aromatic rings. The molecule has 0 bridgehead atoms. The lowest BCUT2D eigenvalue weighted by Gasteiger charge is -2.20. The first-order chi connectivity index (χ1) is 9.88. The minimum Gasteiger partial charge on any atom is -0.329 e. The third-order valence-corrected chi connectivity index (χ3v) is 4.13. The molecule has 1 unspecified atom stereocenters. The third-order valence-electron chi connectivity index (χ3n) is 4.13. The molecule has 4 nitrogen and oxygen atoms in total. The number of nitrogens with two attached hydrogens (primary N) is 1. The molecule has 4 heteroatoms. The van der Waals surface area contributed by atoms with Gasteiger partial charge < -0.3 is 4.57 Å². The van der Waals surface area contributed by atoms with Crippen molar-refractivity contribution in [3.63, 3.8) is 0 Å². The van der Waals surface area contributed by atoms with Crippen molar-refractivity contribution in [1.82, 2.24) is 15.0 Å². The first-order valence-electron chi connectivity index (χ1n) is 7.43. The Morgan fingerprint density at radius 1 is 1.25 bits per heavy atom. The zero-order valence-electron chi connectivity index (χ0n) is 11.8. The Morgan fingerprint density at radius 2 is 2.15 bits per heavy atom. The van der Waals surface area contributed by atoms with Gasteiger partial charge in [0.15, 0.2) is 0 Å². The van der Waals surface area contributed by atoms with Crippen LogP contribution in [-0.4, -0.2) is 15.6 Å². The molecule has 1 heterocycles. The van der Waals surface area contributed by atoms with Crippen molar-refractivity contribution < 1.29 is 0 Å². The van der Waals surface area contributed by atoms with Gasteiger partial charge in [-0.3, -0.25) is 11.3 Å². The Hall–Kier alpha value is -1.65. The summed E-state index contributed by atoms with van der Waals surface area (Å²) in [5.74, 6) is 5.79. The van der Waals surface area contributed by atoms with Gasteiger partial charge in [0.25, 0.3) is 0 Å². The molecule has 0 saturated heterocycles. The summed E-state index contributed by atoms with van der Waals surface area (Å²) in [6, 6.07) is 8.42. The number of rotatable bonds is 4. The molecule has 106 valence electrons. The van der Waals surface area contributed by atoms with E-state index in [4.69, 9.17) is 5.84 Å². The fraction of sp³-hybridized carbons (Fsp3) is 0.438. The van der Waals surface area contributed by atoms with Gasteiger partial charge in [-0.25, -0.2) is 4.98 Å². The van der Waals surface area contributed by atoms with Crippen LogP contribution in [0.5, 0.6) is 0 Å². The maximum absolute atomic E-state index is 5.79. The van der Waals surface area contributed by atoms with Crippen LogP contribution in [0.3, 0.4) is 0 Å². The standard InChI is InChI=1S/C16H22N4/c17-19-15(13-7-3-1-2-4-8-13)11-20-12-18-14-9-5-6-10-16(14)20/h5-7,9-10,12,15,19H,1-4,8,11,17H2. The number of hydrogen-bond donors (Lipinski definition) is 2. The van der Waals surface area contributed by atoms with Crippen LogP contribution in [-0.2, 0) is 6.54 Å². The SMILES string of the molecule is NNC(Cn1cnc2ccccc21)C1=CCCCCC1. The number of fused-ring (bicyclic) bond motifs is 1. The van der Waals surface area contributed by atoms with Crippen LogP contribution in [0.25, 0.3) is 11.0 Å². The lowest BCUT2D eigenvalue weighted by atomic mass is 10.0. The van der Waals surface area contributed by atoms with E-state index in [9.17, 15) is 0 Å². The van der Waals surface area contributed by atoms with Crippen LogP contribution in [0.15, 0.2) is 42.2 Å². The maximum atomic E-state index is 5.79. The molecular formula is C16H22N4. The molecule has 0 radical (unpaired) electrons. The fourth-order valence-corrected chi connectivity index (χ4v) is 2.99. The Balaban J connectivity index is 1.82. The molecule has 0 fully saturated rings. The Bertz CT molecular complexity index is 599. The highest BCUT2D eigenvalue weighted by Gasteiger charge is 2.15. The van der Waals surface area contributed by atoms with Crippen molar-refractivity contribution in [2.24, 2.45) is 5.84 Å². The molecule has 0 amide bonds. The predicted octanol–water partition coefficient (Wildman–Crippen LogP) is 2.76. The van der Waals surface area contributed by atoms with E-state index in [-0.39, 0.29) is 6.04 Å². The molecule has 0 spiro atoms. The van der Waals surface area contributed by atoms with Gasteiger partial charge >= 0.3 is 0 Å². The lowest BCUT2D eigenvalue weighted by molar-refractivity contribution is 0.499. The van der Waals surface area contributed by atoms with Crippen LogP contribution in [0.2, 0.25) is 0 Å². The summed E-state index contributed by atoms with van der Waals surface area (Å²) in [5.41, 5.74) is 6.64.